The number of methoxy groups -OCH3 is 1. The van der Waals surface area contributed by atoms with Crippen LogP contribution in [0.2, 0.25) is 0 Å². The van der Waals surface area contributed by atoms with Gasteiger partial charge < -0.3 is 18.9 Å². The lowest BCUT2D eigenvalue weighted by Crippen LogP contribution is -2.42. The Hall–Kier alpha value is -2.12. The number of hydrogen-bond acceptors (Lipinski definition) is 6. The molecule has 8 nitrogen and oxygen atoms in total. The Balaban J connectivity index is 1.70. The first-order chi connectivity index (χ1) is 12.3. The zero-order valence-corrected chi connectivity index (χ0v) is 16.0. The van der Waals surface area contributed by atoms with Gasteiger partial charge in [0.1, 0.15) is 17.2 Å². The molecule has 2 aliphatic rings. The summed E-state index contributed by atoms with van der Waals surface area (Å²) in [5.74, 6) is 1.56. The molecule has 1 fully saturated rings. The predicted molar refractivity (Wildman–Crippen MR) is 93.6 cm³/mol. The van der Waals surface area contributed by atoms with Crippen molar-refractivity contribution < 1.29 is 19.1 Å². The molecule has 2 atom stereocenters. The quantitative estimate of drug-likeness (QED) is 0.747. The molecule has 0 aliphatic carbocycles. The molecule has 0 radical (unpaired) electrons. The fraction of sp³-hybridized carbons (Fsp3) is 0.778. The number of piperidine rings is 1. The van der Waals surface area contributed by atoms with Gasteiger partial charge in [-0.1, -0.05) is 0 Å². The second-order valence-corrected chi connectivity index (χ2v) is 8.10. The van der Waals surface area contributed by atoms with Gasteiger partial charge in [-0.3, -0.25) is 4.79 Å². The van der Waals surface area contributed by atoms with E-state index in [0.29, 0.717) is 26.1 Å². The van der Waals surface area contributed by atoms with E-state index >= 15 is 0 Å². The first-order valence-electron chi connectivity index (χ1n) is 9.26. The van der Waals surface area contributed by atoms with E-state index in [4.69, 9.17) is 9.47 Å². The fourth-order valence-electron chi connectivity index (χ4n) is 3.70. The maximum atomic E-state index is 12.4. The number of amides is 1. The molecule has 3 rings (SSSR count). The van der Waals surface area contributed by atoms with Gasteiger partial charge in [0.25, 0.3) is 0 Å². The summed E-state index contributed by atoms with van der Waals surface area (Å²) < 4.78 is 12.5. The van der Waals surface area contributed by atoms with E-state index in [0.717, 1.165) is 30.9 Å². The summed E-state index contributed by atoms with van der Waals surface area (Å²) in [6, 6.07) is 0. The zero-order chi connectivity index (χ0) is 18.9. The van der Waals surface area contributed by atoms with Crippen molar-refractivity contribution in [2.45, 2.75) is 64.5 Å². The minimum atomic E-state index is -0.499. The van der Waals surface area contributed by atoms with Crippen molar-refractivity contribution >= 4 is 12.1 Å². The van der Waals surface area contributed by atoms with Crippen LogP contribution in [0.25, 0.3) is 0 Å². The van der Waals surface area contributed by atoms with Gasteiger partial charge in [-0.05, 0) is 40.0 Å². The number of ether oxygens (including phenoxy) is 2. The van der Waals surface area contributed by atoms with Crippen LogP contribution in [-0.4, -0.2) is 57.5 Å². The van der Waals surface area contributed by atoms with E-state index < -0.39 is 5.60 Å². The summed E-state index contributed by atoms with van der Waals surface area (Å²) in [5, 5.41) is 8.69. The van der Waals surface area contributed by atoms with Crippen molar-refractivity contribution in [3.8, 4) is 0 Å². The molecule has 0 bridgehead atoms. The Morgan fingerprint density at radius 1 is 1.15 bits per heavy atom. The van der Waals surface area contributed by atoms with Crippen LogP contribution in [0.15, 0.2) is 0 Å². The Morgan fingerprint density at radius 3 is 2.62 bits per heavy atom. The van der Waals surface area contributed by atoms with Gasteiger partial charge in [-0.15, -0.1) is 10.2 Å². The first-order valence-corrected chi connectivity index (χ1v) is 9.26. The lowest BCUT2D eigenvalue weighted by atomic mass is 9.95. The van der Waals surface area contributed by atoms with Gasteiger partial charge >= 0.3 is 12.1 Å². The minimum absolute atomic E-state index is 0.144. The van der Waals surface area contributed by atoms with Crippen LogP contribution in [0.5, 0.6) is 0 Å². The number of carbonyl (C=O) groups is 2. The monoisotopic (exact) mass is 364 g/mol. The Labute approximate surface area is 153 Å². The highest BCUT2D eigenvalue weighted by molar-refractivity contribution is 5.72. The SMILES string of the molecule is COC(=O)C1CCn2c(nnc2C2CCCN(C(=O)OC(C)(C)C)C2)C1. The Morgan fingerprint density at radius 2 is 1.92 bits per heavy atom. The fourth-order valence-corrected chi connectivity index (χ4v) is 3.70. The summed E-state index contributed by atoms with van der Waals surface area (Å²) in [6.07, 6.45) is 2.90. The molecular formula is C18H28N4O4. The minimum Gasteiger partial charge on any atom is -0.469 e. The molecular weight excluding hydrogens is 336 g/mol. The molecule has 2 aliphatic heterocycles. The summed E-state index contributed by atoms with van der Waals surface area (Å²) in [4.78, 5) is 25.9. The van der Waals surface area contributed by atoms with E-state index in [9.17, 15) is 9.59 Å². The van der Waals surface area contributed by atoms with Crippen LogP contribution in [-0.2, 0) is 27.2 Å². The number of aromatic nitrogens is 3. The molecule has 1 saturated heterocycles. The highest BCUT2D eigenvalue weighted by atomic mass is 16.6. The van der Waals surface area contributed by atoms with Crippen LogP contribution in [0.1, 0.15) is 57.6 Å². The van der Waals surface area contributed by atoms with Crippen LogP contribution >= 0.6 is 0 Å². The highest BCUT2D eigenvalue weighted by Gasteiger charge is 2.34. The smallest absolute Gasteiger partial charge is 0.410 e. The van der Waals surface area contributed by atoms with Gasteiger partial charge in [0.2, 0.25) is 0 Å². The van der Waals surface area contributed by atoms with Gasteiger partial charge in [0, 0.05) is 32.0 Å². The zero-order valence-electron chi connectivity index (χ0n) is 16.0. The molecule has 0 spiro atoms. The van der Waals surface area contributed by atoms with Crippen LogP contribution in [0.4, 0.5) is 4.79 Å². The summed E-state index contributed by atoms with van der Waals surface area (Å²) >= 11 is 0. The van der Waals surface area contributed by atoms with Gasteiger partial charge in [0.05, 0.1) is 13.0 Å². The molecule has 0 saturated carbocycles. The third-order valence-corrected chi connectivity index (χ3v) is 4.96. The Bertz CT molecular complexity index is 679. The second kappa shape index (κ2) is 7.25. The second-order valence-electron chi connectivity index (χ2n) is 8.10. The molecule has 1 amide bonds. The van der Waals surface area contributed by atoms with Crippen molar-refractivity contribution in [2.75, 3.05) is 20.2 Å². The van der Waals surface area contributed by atoms with Gasteiger partial charge in [-0.25, -0.2) is 4.79 Å². The van der Waals surface area contributed by atoms with E-state index in [2.05, 4.69) is 14.8 Å². The van der Waals surface area contributed by atoms with Crippen LogP contribution in [0.3, 0.4) is 0 Å². The number of likely N-dealkylation sites (tertiary alicyclic amines) is 1. The van der Waals surface area contributed by atoms with Crippen molar-refractivity contribution in [1.82, 2.24) is 19.7 Å². The van der Waals surface area contributed by atoms with E-state index in [1.807, 2.05) is 20.8 Å². The molecule has 0 N–H and O–H groups in total. The van der Waals surface area contributed by atoms with Crippen LogP contribution in [0, 0.1) is 5.92 Å². The number of esters is 1. The maximum absolute atomic E-state index is 12.4. The van der Waals surface area contributed by atoms with Crippen molar-refractivity contribution in [2.24, 2.45) is 5.92 Å². The predicted octanol–water partition coefficient (Wildman–Crippen LogP) is 2.13. The van der Waals surface area contributed by atoms with Crippen molar-refractivity contribution in [3.63, 3.8) is 0 Å². The van der Waals surface area contributed by atoms with E-state index in [1.165, 1.54) is 7.11 Å². The van der Waals surface area contributed by atoms with E-state index in [1.54, 1.807) is 4.90 Å². The standard InChI is InChI=1S/C18H28N4O4/c1-18(2,3)26-17(24)21-8-5-6-13(11-21)15-20-19-14-10-12(16(23)25-4)7-9-22(14)15/h12-13H,5-11H2,1-4H3. The molecule has 26 heavy (non-hydrogen) atoms. The Kier molecular flexibility index (Phi) is 5.20. The molecule has 1 aromatic rings. The normalized spacial score (nSPS) is 23.3. The average molecular weight is 364 g/mol. The number of nitrogens with zero attached hydrogens (tertiary/aromatic N) is 4. The van der Waals surface area contributed by atoms with Crippen molar-refractivity contribution in [1.29, 1.82) is 0 Å². The first kappa shape index (κ1) is 18.7. The maximum Gasteiger partial charge on any atom is 0.410 e. The van der Waals surface area contributed by atoms with Gasteiger partial charge in [0.15, 0.2) is 0 Å². The molecule has 3 heterocycles. The number of carbonyl (C=O) groups excluding carboxylic acids is 2. The molecule has 0 aromatic carbocycles. The molecule has 1 aromatic heterocycles. The third-order valence-electron chi connectivity index (χ3n) is 4.96. The largest absolute Gasteiger partial charge is 0.469 e. The van der Waals surface area contributed by atoms with Gasteiger partial charge in [-0.2, -0.15) is 0 Å². The van der Waals surface area contributed by atoms with E-state index in [-0.39, 0.29) is 23.9 Å². The lowest BCUT2D eigenvalue weighted by molar-refractivity contribution is -0.146. The summed E-state index contributed by atoms with van der Waals surface area (Å²) in [7, 11) is 1.42. The average Bonchev–Trinajstić information content (AvgIpc) is 3.02. The molecule has 2 unspecified atom stereocenters. The number of hydrogen-bond donors (Lipinski definition) is 0. The third kappa shape index (κ3) is 3.99. The van der Waals surface area contributed by atoms with Crippen LogP contribution < -0.4 is 0 Å². The van der Waals surface area contributed by atoms with Crippen molar-refractivity contribution in [3.05, 3.63) is 11.6 Å². The lowest BCUT2D eigenvalue weighted by Gasteiger charge is -2.34. The molecule has 8 heteroatoms. The number of rotatable bonds is 2. The molecule has 144 valence electrons. The topological polar surface area (TPSA) is 86.6 Å². The summed E-state index contributed by atoms with van der Waals surface area (Å²) in [5.41, 5.74) is -0.499. The number of fused-ring (bicyclic) bond motifs is 1. The highest BCUT2D eigenvalue weighted by Crippen LogP contribution is 2.30. The summed E-state index contributed by atoms with van der Waals surface area (Å²) in [6.45, 7) is 7.63.